The molecule has 2 aromatic carbocycles. The Balaban J connectivity index is 1.90. The van der Waals surface area contributed by atoms with Crippen LogP contribution in [0, 0.1) is 0 Å². The fourth-order valence-electron chi connectivity index (χ4n) is 3.37. The van der Waals surface area contributed by atoms with Gasteiger partial charge in [0.15, 0.2) is 0 Å². The smallest absolute Gasteiger partial charge is 0.321 e. The fraction of sp³-hybridized carbons (Fsp3) is 0.300. The topological polar surface area (TPSA) is 98.8 Å². The van der Waals surface area contributed by atoms with Crippen LogP contribution in [0.4, 0.5) is 21.9 Å². The second-order valence-corrected chi connectivity index (χ2v) is 8.89. The molecule has 0 aliphatic carbocycles. The van der Waals surface area contributed by atoms with Crippen LogP contribution in [0.1, 0.15) is 19.4 Å². The van der Waals surface area contributed by atoms with E-state index in [1.165, 1.54) is 17.9 Å². The maximum absolute atomic E-state index is 13.0. The van der Waals surface area contributed by atoms with Crippen molar-refractivity contribution in [2.75, 3.05) is 29.0 Å². The van der Waals surface area contributed by atoms with Crippen LogP contribution in [0.25, 0.3) is 0 Å². The van der Waals surface area contributed by atoms with Gasteiger partial charge in [-0.2, -0.15) is 0 Å². The lowest BCUT2D eigenvalue weighted by molar-refractivity contribution is -0.116. The summed E-state index contributed by atoms with van der Waals surface area (Å²) in [4.78, 5) is 26.9. The number of benzene rings is 2. The summed E-state index contributed by atoms with van der Waals surface area (Å²) in [6.45, 7) is 3.42. The van der Waals surface area contributed by atoms with Gasteiger partial charge in [-0.15, -0.1) is 0 Å². The van der Waals surface area contributed by atoms with Crippen molar-refractivity contribution in [2.24, 2.45) is 0 Å². The van der Waals surface area contributed by atoms with E-state index >= 15 is 0 Å². The van der Waals surface area contributed by atoms with Crippen molar-refractivity contribution in [2.45, 2.75) is 31.2 Å². The first kappa shape index (κ1) is 20.7. The number of rotatable bonds is 4. The number of nitrogens with zero attached hydrogens (tertiary/aromatic N) is 2. The number of sulfonamides is 1. The van der Waals surface area contributed by atoms with Crippen molar-refractivity contribution in [1.29, 1.82) is 0 Å². The SMILES string of the molecule is CC(=O)N1c2ccc(S(=O)(=O)Nc3ccccc3NC(=O)N(C)C)cc2CC1C. The van der Waals surface area contributed by atoms with Crippen molar-refractivity contribution >= 4 is 39.0 Å². The van der Waals surface area contributed by atoms with E-state index in [2.05, 4.69) is 10.0 Å². The molecule has 0 aromatic heterocycles. The van der Waals surface area contributed by atoms with Crippen molar-refractivity contribution in [3.8, 4) is 0 Å². The minimum atomic E-state index is -3.89. The molecule has 0 radical (unpaired) electrons. The predicted octanol–water partition coefficient (Wildman–Crippen LogP) is 2.88. The third-order valence-corrected chi connectivity index (χ3v) is 6.10. The zero-order valence-corrected chi connectivity index (χ0v) is 17.6. The number of fused-ring (bicyclic) bond motifs is 1. The Morgan fingerprint density at radius 3 is 2.38 bits per heavy atom. The van der Waals surface area contributed by atoms with Gasteiger partial charge in [0.25, 0.3) is 10.0 Å². The number of nitrogens with one attached hydrogen (secondary N) is 2. The lowest BCUT2D eigenvalue weighted by Crippen LogP contribution is -2.33. The Hall–Kier alpha value is -3.07. The molecular weight excluding hydrogens is 392 g/mol. The van der Waals surface area contributed by atoms with Gasteiger partial charge >= 0.3 is 6.03 Å². The van der Waals surface area contributed by atoms with Crippen LogP contribution in [-0.4, -0.2) is 45.4 Å². The molecule has 29 heavy (non-hydrogen) atoms. The number of urea groups is 1. The maximum Gasteiger partial charge on any atom is 0.321 e. The second kappa shape index (κ2) is 7.75. The molecule has 0 saturated heterocycles. The van der Waals surface area contributed by atoms with Gasteiger partial charge in [-0.05, 0) is 49.2 Å². The van der Waals surface area contributed by atoms with E-state index in [9.17, 15) is 18.0 Å². The van der Waals surface area contributed by atoms with E-state index in [4.69, 9.17) is 0 Å². The maximum atomic E-state index is 13.0. The van der Waals surface area contributed by atoms with Gasteiger partial charge in [-0.3, -0.25) is 9.52 Å². The summed E-state index contributed by atoms with van der Waals surface area (Å²) in [7, 11) is -0.697. The normalized spacial score (nSPS) is 15.6. The molecule has 0 bridgehead atoms. The van der Waals surface area contributed by atoms with Crippen molar-refractivity contribution < 1.29 is 18.0 Å². The predicted molar refractivity (Wildman–Crippen MR) is 113 cm³/mol. The van der Waals surface area contributed by atoms with Crippen LogP contribution in [-0.2, 0) is 21.2 Å². The standard InChI is InChI=1S/C20H24N4O4S/c1-13-11-15-12-16(9-10-19(15)24(13)14(2)25)29(27,28)22-18-8-6-5-7-17(18)21-20(26)23(3)4/h5-10,12-13,22H,11H2,1-4H3,(H,21,26). The highest BCUT2D eigenvalue weighted by molar-refractivity contribution is 7.92. The van der Waals surface area contributed by atoms with Crippen molar-refractivity contribution in [3.63, 3.8) is 0 Å². The number of hydrogen-bond acceptors (Lipinski definition) is 4. The van der Waals surface area contributed by atoms with E-state index in [0.717, 1.165) is 11.3 Å². The van der Waals surface area contributed by atoms with Crippen LogP contribution in [0.5, 0.6) is 0 Å². The summed E-state index contributed by atoms with van der Waals surface area (Å²) in [6.07, 6.45) is 0.591. The molecule has 0 spiro atoms. The average molecular weight is 417 g/mol. The lowest BCUT2D eigenvalue weighted by atomic mass is 10.1. The number of anilines is 3. The third-order valence-electron chi connectivity index (χ3n) is 4.74. The van der Waals surface area contributed by atoms with E-state index in [0.29, 0.717) is 12.1 Å². The van der Waals surface area contributed by atoms with Gasteiger partial charge < -0.3 is 15.1 Å². The van der Waals surface area contributed by atoms with E-state index < -0.39 is 10.0 Å². The Morgan fingerprint density at radius 2 is 1.76 bits per heavy atom. The summed E-state index contributed by atoms with van der Waals surface area (Å²) in [5.41, 5.74) is 2.17. The molecule has 1 atom stereocenters. The average Bonchev–Trinajstić information content (AvgIpc) is 2.98. The highest BCUT2D eigenvalue weighted by atomic mass is 32.2. The lowest BCUT2D eigenvalue weighted by Gasteiger charge is -2.20. The minimum Gasteiger partial charge on any atom is -0.331 e. The molecule has 1 unspecified atom stereocenters. The number of para-hydroxylation sites is 2. The highest BCUT2D eigenvalue weighted by Crippen LogP contribution is 2.34. The summed E-state index contributed by atoms with van der Waals surface area (Å²) >= 11 is 0. The Labute approximate surface area is 170 Å². The summed E-state index contributed by atoms with van der Waals surface area (Å²) in [6, 6.07) is 10.9. The van der Waals surface area contributed by atoms with Gasteiger partial charge in [-0.25, -0.2) is 13.2 Å². The molecule has 3 amide bonds. The second-order valence-electron chi connectivity index (χ2n) is 7.21. The van der Waals surface area contributed by atoms with Gasteiger partial charge in [0.05, 0.1) is 16.3 Å². The van der Waals surface area contributed by atoms with Crippen LogP contribution in [0.3, 0.4) is 0 Å². The zero-order valence-electron chi connectivity index (χ0n) is 16.8. The molecule has 0 saturated carbocycles. The monoisotopic (exact) mass is 416 g/mol. The highest BCUT2D eigenvalue weighted by Gasteiger charge is 2.30. The molecule has 1 aliphatic heterocycles. The zero-order chi connectivity index (χ0) is 21.3. The quantitative estimate of drug-likeness (QED) is 0.801. The van der Waals surface area contributed by atoms with Gasteiger partial charge in [0.2, 0.25) is 5.91 Å². The molecule has 154 valence electrons. The summed E-state index contributed by atoms with van der Waals surface area (Å²) < 4.78 is 28.5. The Morgan fingerprint density at radius 1 is 1.10 bits per heavy atom. The van der Waals surface area contributed by atoms with E-state index in [1.54, 1.807) is 55.4 Å². The molecule has 1 heterocycles. The number of carbonyl (C=O) groups is 2. The van der Waals surface area contributed by atoms with Crippen LogP contribution in [0.2, 0.25) is 0 Å². The minimum absolute atomic E-state index is 0.0182. The number of carbonyl (C=O) groups excluding carboxylic acids is 2. The molecule has 0 fully saturated rings. The van der Waals surface area contributed by atoms with Crippen molar-refractivity contribution in [3.05, 3.63) is 48.0 Å². The van der Waals surface area contributed by atoms with Gasteiger partial charge in [0, 0.05) is 32.7 Å². The summed E-state index contributed by atoms with van der Waals surface area (Å²) in [5, 5.41) is 2.67. The largest absolute Gasteiger partial charge is 0.331 e. The molecule has 9 heteroatoms. The van der Waals surface area contributed by atoms with E-state index in [1.807, 2.05) is 6.92 Å². The third kappa shape index (κ3) is 4.19. The summed E-state index contributed by atoms with van der Waals surface area (Å²) in [5.74, 6) is -0.0736. The van der Waals surface area contributed by atoms with E-state index in [-0.39, 0.29) is 28.6 Å². The first-order valence-electron chi connectivity index (χ1n) is 9.13. The van der Waals surface area contributed by atoms with Crippen LogP contribution >= 0.6 is 0 Å². The Bertz CT molecular complexity index is 1070. The molecule has 2 aromatic rings. The van der Waals surface area contributed by atoms with Gasteiger partial charge in [-0.1, -0.05) is 12.1 Å². The fourth-order valence-corrected chi connectivity index (χ4v) is 4.50. The molecular formula is C20H24N4O4S. The van der Waals surface area contributed by atoms with Crippen molar-refractivity contribution in [1.82, 2.24) is 4.90 Å². The number of hydrogen-bond donors (Lipinski definition) is 2. The molecule has 2 N–H and O–H groups in total. The Kier molecular flexibility index (Phi) is 5.52. The number of amides is 3. The van der Waals surface area contributed by atoms with Gasteiger partial charge in [0.1, 0.15) is 0 Å². The molecule has 1 aliphatic rings. The first-order valence-corrected chi connectivity index (χ1v) is 10.6. The van der Waals surface area contributed by atoms with Crippen LogP contribution < -0.4 is 14.9 Å². The molecule has 3 rings (SSSR count). The first-order chi connectivity index (χ1) is 13.6. The van der Waals surface area contributed by atoms with Crippen LogP contribution in [0.15, 0.2) is 47.4 Å². The molecule has 8 nitrogen and oxygen atoms in total.